The summed E-state index contributed by atoms with van der Waals surface area (Å²) < 4.78 is 12.7. The van der Waals surface area contributed by atoms with Crippen molar-refractivity contribution in [2.45, 2.75) is 13.5 Å². The molecule has 1 N–H and O–H groups in total. The second-order valence-corrected chi connectivity index (χ2v) is 6.81. The molecule has 0 radical (unpaired) electrons. The van der Waals surface area contributed by atoms with E-state index in [1.165, 1.54) is 0 Å². The van der Waals surface area contributed by atoms with Gasteiger partial charge in [0.05, 0.1) is 19.9 Å². The molecule has 0 aliphatic carbocycles. The molecule has 4 rings (SSSR count). The third kappa shape index (κ3) is 3.46. The summed E-state index contributed by atoms with van der Waals surface area (Å²) in [5.74, 6) is 1.23. The molecule has 0 aliphatic rings. The lowest BCUT2D eigenvalue weighted by atomic mass is 10.1. The van der Waals surface area contributed by atoms with Crippen LogP contribution >= 0.6 is 11.6 Å². The molecule has 0 bridgehead atoms. The molecule has 0 fully saturated rings. The molecule has 7 heteroatoms. The van der Waals surface area contributed by atoms with Gasteiger partial charge in [-0.05, 0) is 42.8 Å². The van der Waals surface area contributed by atoms with E-state index in [2.05, 4.69) is 10.4 Å². The summed E-state index contributed by atoms with van der Waals surface area (Å²) in [6.45, 7) is 2.36. The molecule has 0 unspecified atom stereocenters. The third-order valence-electron chi connectivity index (χ3n) is 4.55. The van der Waals surface area contributed by atoms with Gasteiger partial charge in [-0.25, -0.2) is 4.68 Å². The molecule has 4 aromatic rings. The van der Waals surface area contributed by atoms with Crippen molar-refractivity contribution in [3.63, 3.8) is 0 Å². The van der Waals surface area contributed by atoms with E-state index in [1.54, 1.807) is 36.2 Å². The molecule has 1 amide bonds. The number of carbonyl (C=O) groups excluding carboxylic acids is 1. The topological polar surface area (TPSA) is 69.3 Å². The Morgan fingerprint density at radius 1 is 1.21 bits per heavy atom. The highest BCUT2D eigenvalue weighted by molar-refractivity contribution is 6.30. The summed E-state index contributed by atoms with van der Waals surface area (Å²) in [4.78, 5) is 12.8. The summed E-state index contributed by atoms with van der Waals surface area (Å²) >= 11 is 5.93. The van der Waals surface area contributed by atoms with E-state index in [0.29, 0.717) is 28.7 Å². The Balaban J connectivity index is 1.58. The SMILES string of the molecule is COc1ccc2oc(C(=O)Nc3ccnn3Cc3ccc(Cl)cc3)c(C)c2c1. The van der Waals surface area contributed by atoms with Gasteiger partial charge in [0, 0.05) is 22.0 Å². The molecule has 142 valence electrons. The number of nitrogens with zero attached hydrogens (tertiary/aromatic N) is 2. The Labute approximate surface area is 166 Å². The maximum Gasteiger partial charge on any atom is 0.292 e. The first kappa shape index (κ1) is 18.1. The third-order valence-corrected chi connectivity index (χ3v) is 4.81. The number of halogens is 1. The van der Waals surface area contributed by atoms with Crippen molar-refractivity contribution in [1.82, 2.24) is 9.78 Å². The van der Waals surface area contributed by atoms with Gasteiger partial charge in [-0.15, -0.1) is 0 Å². The molecule has 28 heavy (non-hydrogen) atoms. The lowest BCUT2D eigenvalue weighted by molar-refractivity contribution is 0.0997. The van der Waals surface area contributed by atoms with Crippen LogP contribution in [0.2, 0.25) is 5.02 Å². The van der Waals surface area contributed by atoms with E-state index in [1.807, 2.05) is 37.3 Å². The smallest absolute Gasteiger partial charge is 0.292 e. The van der Waals surface area contributed by atoms with E-state index >= 15 is 0 Å². The number of methoxy groups -OCH3 is 1. The minimum absolute atomic E-state index is 0.266. The molecular formula is C21H18ClN3O3. The lowest BCUT2D eigenvalue weighted by Crippen LogP contribution is -2.16. The highest BCUT2D eigenvalue weighted by Gasteiger charge is 2.19. The summed E-state index contributed by atoms with van der Waals surface area (Å²) in [6.07, 6.45) is 1.64. The summed E-state index contributed by atoms with van der Waals surface area (Å²) in [5.41, 5.74) is 2.42. The average Bonchev–Trinajstić information content (AvgIpc) is 3.27. The summed E-state index contributed by atoms with van der Waals surface area (Å²) in [6, 6.07) is 14.7. The number of carbonyl (C=O) groups is 1. The van der Waals surface area contributed by atoms with Crippen LogP contribution in [0.1, 0.15) is 21.7 Å². The van der Waals surface area contributed by atoms with E-state index in [-0.39, 0.29) is 11.7 Å². The maximum absolute atomic E-state index is 12.8. The first-order valence-electron chi connectivity index (χ1n) is 8.70. The number of anilines is 1. The zero-order valence-electron chi connectivity index (χ0n) is 15.4. The Morgan fingerprint density at radius 3 is 2.75 bits per heavy atom. The molecule has 0 saturated carbocycles. The average molecular weight is 396 g/mol. The number of aromatic nitrogens is 2. The van der Waals surface area contributed by atoms with Crippen LogP contribution in [0.4, 0.5) is 5.82 Å². The number of benzene rings is 2. The number of ether oxygens (including phenoxy) is 1. The fraction of sp³-hybridized carbons (Fsp3) is 0.143. The van der Waals surface area contributed by atoms with Gasteiger partial charge < -0.3 is 14.5 Å². The van der Waals surface area contributed by atoms with Gasteiger partial charge in [0.25, 0.3) is 5.91 Å². The molecule has 2 aromatic carbocycles. The largest absolute Gasteiger partial charge is 0.497 e. The Hall–Kier alpha value is -3.25. The number of aryl methyl sites for hydroxylation is 1. The normalized spacial score (nSPS) is 11.0. The standard InChI is InChI=1S/C21H18ClN3O3/c1-13-17-11-16(27-2)7-8-18(17)28-20(13)21(26)24-19-9-10-23-25(19)12-14-3-5-15(22)6-4-14/h3-11H,12H2,1-2H3,(H,24,26). The Morgan fingerprint density at radius 2 is 2.00 bits per heavy atom. The van der Waals surface area contributed by atoms with Crippen molar-refractivity contribution in [2.24, 2.45) is 0 Å². The van der Waals surface area contributed by atoms with Crippen molar-refractivity contribution in [3.8, 4) is 5.75 Å². The first-order chi connectivity index (χ1) is 13.5. The highest BCUT2D eigenvalue weighted by atomic mass is 35.5. The van der Waals surface area contributed by atoms with Crippen molar-refractivity contribution in [3.05, 3.63) is 76.6 Å². The minimum Gasteiger partial charge on any atom is -0.497 e. The number of amides is 1. The molecule has 2 aromatic heterocycles. The zero-order valence-corrected chi connectivity index (χ0v) is 16.2. The Kier molecular flexibility index (Phi) is 4.79. The van der Waals surface area contributed by atoms with Crippen LogP contribution < -0.4 is 10.1 Å². The van der Waals surface area contributed by atoms with Crippen molar-refractivity contribution < 1.29 is 13.9 Å². The van der Waals surface area contributed by atoms with Crippen molar-refractivity contribution in [1.29, 1.82) is 0 Å². The molecule has 0 atom stereocenters. The predicted molar refractivity (Wildman–Crippen MR) is 108 cm³/mol. The van der Waals surface area contributed by atoms with E-state index in [4.69, 9.17) is 20.8 Å². The quantitative estimate of drug-likeness (QED) is 0.521. The molecule has 0 saturated heterocycles. The van der Waals surface area contributed by atoms with Crippen LogP contribution in [0.3, 0.4) is 0 Å². The number of furan rings is 1. The van der Waals surface area contributed by atoms with Crippen LogP contribution in [-0.2, 0) is 6.54 Å². The van der Waals surface area contributed by atoms with Crippen LogP contribution in [0.15, 0.2) is 59.1 Å². The summed E-state index contributed by atoms with van der Waals surface area (Å²) in [5, 5.41) is 8.69. The highest BCUT2D eigenvalue weighted by Crippen LogP contribution is 2.29. The van der Waals surface area contributed by atoms with Crippen LogP contribution in [-0.4, -0.2) is 22.8 Å². The van der Waals surface area contributed by atoms with E-state index in [9.17, 15) is 4.79 Å². The number of nitrogens with one attached hydrogen (secondary N) is 1. The lowest BCUT2D eigenvalue weighted by Gasteiger charge is -2.09. The van der Waals surface area contributed by atoms with E-state index in [0.717, 1.165) is 16.5 Å². The molecule has 2 heterocycles. The fourth-order valence-corrected chi connectivity index (χ4v) is 3.17. The molecule has 6 nitrogen and oxygen atoms in total. The van der Waals surface area contributed by atoms with Crippen LogP contribution in [0.5, 0.6) is 5.75 Å². The number of rotatable bonds is 5. The predicted octanol–water partition coefficient (Wildman–Crippen LogP) is 4.90. The second-order valence-electron chi connectivity index (χ2n) is 6.37. The van der Waals surface area contributed by atoms with E-state index < -0.39 is 0 Å². The van der Waals surface area contributed by atoms with Gasteiger partial charge in [0.2, 0.25) is 0 Å². The van der Waals surface area contributed by atoms with Gasteiger partial charge in [-0.2, -0.15) is 5.10 Å². The van der Waals surface area contributed by atoms with Crippen molar-refractivity contribution in [2.75, 3.05) is 12.4 Å². The first-order valence-corrected chi connectivity index (χ1v) is 9.07. The molecule has 0 aliphatic heterocycles. The van der Waals surface area contributed by atoms with Gasteiger partial charge >= 0.3 is 0 Å². The fourth-order valence-electron chi connectivity index (χ4n) is 3.04. The van der Waals surface area contributed by atoms with Gasteiger partial charge in [-0.1, -0.05) is 23.7 Å². The molecule has 0 spiro atoms. The monoisotopic (exact) mass is 395 g/mol. The number of hydrogen-bond donors (Lipinski definition) is 1. The number of hydrogen-bond acceptors (Lipinski definition) is 4. The van der Waals surface area contributed by atoms with Gasteiger partial charge in [0.15, 0.2) is 5.76 Å². The van der Waals surface area contributed by atoms with Gasteiger partial charge in [-0.3, -0.25) is 4.79 Å². The van der Waals surface area contributed by atoms with Crippen molar-refractivity contribution >= 4 is 34.3 Å². The van der Waals surface area contributed by atoms with Crippen LogP contribution in [0.25, 0.3) is 11.0 Å². The van der Waals surface area contributed by atoms with Gasteiger partial charge in [0.1, 0.15) is 17.2 Å². The second kappa shape index (κ2) is 7.40. The minimum atomic E-state index is -0.328. The Bertz CT molecular complexity index is 1150. The summed E-state index contributed by atoms with van der Waals surface area (Å²) in [7, 11) is 1.60. The zero-order chi connectivity index (χ0) is 19.7. The van der Waals surface area contributed by atoms with Crippen LogP contribution in [0, 0.1) is 6.92 Å². The maximum atomic E-state index is 12.8. The number of fused-ring (bicyclic) bond motifs is 1. The molecular weight excluding hydrogens is 378 g/mol.